The lowest BCUT2D eigenvalue weighted by Gasteiger charge is -2.26. The summed E-state index contributed by atoms with van der Waals surface area (Å²) >= 11 is 0. The van der Waals surface area contributed by atoms with Crippen LogP contribution in [0.3, 0.4) is 0 Å². The third-order valence-corrected chi connectivity index (χ3v) is 6.74. The summed E-state index contributed by atoms with van der Waals surface area (Å²) in [6.07, 6.45) is 7.06. The zero-order valence-corrected chi connectivity index (χ0v) is 18.0. The van der Waals surface area contributed by atoms with Gasteiger partial charge in [-0.2, -0.15) is 5.10 Å². The Morgan fingerprint density at radius 1 is 1.19 bits per heavy atom. The van der Waals surface area contributed by atoms with Crippen molar-refractivity contribution >= 4 is 16.7 Å². The van der Waals surface area contributed by atoms with Gasteiger partial charge in [-0.1, -0.05) is 0 Å². The highest BCUT2D eigenvalue weighted by atomic mass is 16.5. The zero-order chi connectivity index (χ0) is 21.3. The topological polar surface area (TPSA) is 93.0 Å². The van der Waals surface area contributed by atoms with Crippen molar-refractivity contribution in [1.29, 1.82) is 0 Å². The Kier molecular flexibility index (Phi) is 3.72. The molecule has 2 saturated carbocycles. The van der Waals surface area contributed by atoms with E-state index in [-0.39, 0.29) is 5.60 Å². The number of benzene rings is 1. The van der Waals surface area contributed by atoms with Crippen LogP contribution < -0.4 is 9.64 Å². The average molecular weight is 428 g/mol. The van der Waals surface area contributed by atoms with E-state index in [0.717, 1.165) is 77.0 Å². The van der Waals surface area contributed by atoms with Crippen LogP contribution in [0.2, 0.25) is 0 Å². The first-order chi connectivity index (χ1) is 15.6. The first-order valence-corrected chi connectivity index (χ1v) is 11.4. The molecule has 2 aliphatic carbocycles. The van der Waals surface area contributed by atoms with Crippen LogP contribution in [0.15, 0.2) is 35.0 Å². The molecule has 0 radical (unpaired) electrons. The number of nitrogens with one attached hydrogen (secondary N) is 1. The number of ether oxygens (including phenoxy) is 1. The molecule has 0 bridgehead atoms. The number of fused-ring (bicyclic) bond motifs is 2. The highest BCUT2D eigenvalue weighted by Gasteiger charge is 2.40. The number of oxazole rings is 1. The predicted molar refractivity (Wildman–Crippen MR) is 119 cm³/mol. The van der Waals surface area contributed by atoms with Gasteiger partial charge in [0.05, 0.1) is 17.8 Å². The summed E-state index contributed by atoms with van der Waals surface area (Å²) in [5.74, 6) is 4.24. The van der Waals surface area contributed by atoms with Crippen LogP contribution in [-0.2, 0) is 13.0 Å². The van der Waals surface area contributed by atoms with Gasteiger partial charge < -0.3 is 14.1 Å². The van der Waals surface area contributed by atoms with Crippen molar-refractivity contribution in [3.63, 3.8) is 0 Å². The Labute approximate surface area is 185 Å². The minimum atomic E-state index is -0.0206. The largest absolute Gasteiger partial charge is 0.488 e. The van der Waals surface area contributed by atoms with Gasteiger partial charge >= 0.3 is 0 Å². The standard InChI is InChI=1S/C24H24N6O2/c1-24(7-8-24)32-15-4-5-17-16(10-15)22(29-28-17)18-11-21(26-13-25-18)30-9-6-20-19(12-30)27-23(31-20)14-2-3-14/h4-5,10-11,13-14H,2-3,6-9,12H2,1H3,(H,28,29). The van der Waals surface area contributed by atoms with E-state index in [2.05, 4.69) is 38.1 Å². The fourth-order valence-electron chi connectivity index (χ4n) is 4.38. The van der Waals surface area contributed by atoms with Gasteiger partial charge in [0, 0.05) is 30.3 Å². The minimum absolute atomic E-state index is 0.0206. The van der Waals surface area contributed by atoms with E-state index in [0.29, 0.717) is 12.5 Å². The second kappa shape index (κ2) is 6.54. The summed E-state index contributed by atoms with van der Waals surface area (Å²) in [6.45, 7) is 3.71. The monoisotopic (exact) mass is 428 g/mol. The van der Waals surface area contributed by atoms with E-state index < -0.39 is 0 Å². The summed E-state index contributed by atoms with van der Waals surface area (Å²) in [7, 11) is 0. The summed E-state index contributed by atoms with van der Waals surface area (Å²) in [4.78, 5) is 16.1. The number of hydrogen-bond donors (Lipinski definition) is 1. The number of nitrogens with zero attached hydrogens (tertiary/aromatic N) is 5. The summed E-state index contributed by atoms with van der Waals surface area (Å²) in [6, 6.07) is 8.08. The van der Waals surface area contributed by atoms with E-state index in [9.17, 15) is 0 Å². The first kappa shape index (κ1) is 18.2. The summed E-state index contributed by atoms with van der Waals surface area (Å²) in [5.41, 5.74) is 3.59. The third-order valence-electron chi connectivity index (χ3n) is 6.74. The fourth-order valence-corrected chi connectivity index (χ4v) is 4.38. The lowest BCUT2D eigenvalue weighted by Crippen LogP contribution is -2.30. The van der Waals surface area contributed by atoms with Crippen molar-refractivity contribution in [3.05, 3.63) is 47.9 Å². The Morgan fingerprint density at radius 3 is 2.94 bits per heavy atom. The lowest BCUT2D eigenvalue weighted by molar-refractivity contribution is 0.200. The van der Waals surface area contributed by atoms with Gasteiger partial charge in [0.15, 0.2) is 5.89 Å². The van der Waals surface area contributed by atoms with Crippen LogP contribution in [0.25, 0.3) is 22.3 Å². The van der Waals surface area contributed by atoms with Crippen molar-refractivity contribution in [2.45, 2.75) is 57.1 Å². The maximum Gasteiger partial charge on any atom is 0.197 e. The first-order valence-electron chi connectivity index (χ1n) is 11.4. The van der Waals surface area contributed by atoms with Crippen molar-refractivity contribution in [1.82, 2.24) is 25.1 Å². The number of aromatic amines is 1. The van der Waals surface area contributed by atoms with Crippen molar-refractivity contribution in [2.75, 3.05) is 11.4 Å². The van der Waals surface area contributed by atoms with Gasteiger partial charge in [-0.15, -0.1) is 0 Å². The summed E-state index contributed by atoms with van der Waals surface area (Å²) < 4.78 is 12.2. The molecule has 4 heterocycles. The van der Waals surface area contributed by atoms with E-state index >= 15 is 0 Å². The van der Waals surface area contributed by atoms with Gasteiger partial charge in [0.2, 0.25) is 0 Å². The third kappa shape index (κ3) is 3.13. The van der Waals surface area contributed by atoms with E-state index in [1.54, 1.807) is 6.33 Å². The Hall–Kier alpha value is -3.42. The molecular formula is C24H24N6O2. The lowest BCUT2D eigenvalue weighted by atomic mass is 10.1. The molecule has 2 fully saturated rings. The van der Waals surface area contributed by atoms with Crippen molar-refractivity contribution < 1.29 is 9.15 Å². The van der Waals surface area contributed by atoms with Crippen LogP contribution in [0.1, 0.15) is 55.9 Å². The number of rotatable bonds is 5. The van der Waals surface area contributed by atoms with Gasteiger partial charge in [-0.05, 0) is 50.8 Å². The number of aromatic nitrogens is 5. The van der Waals surface area contributed by atoms with E-state index in [1.165, 1.54) is 12.8 Å². The quantitative estimate of drug-likeness (QED) is 0.504. The van der Waals surface area contributed by atoms with Crippen LogP contribution in [0.4, 0.5) is 5.82 Å². The number of hydrogen-bond acceptors (Lipinski definition) is 7. The molecule has 0 saturated heterocycles. The molecule has 1 N–H and O–H groups in total. The van der Waals surface area contributed by atoms with Gasteiger partial charge in [0.1, 0.15) is 40.6 Å². The van der Waals surface area contributed by atoms with Gasteiger partial charge in [0.25, 0.3) is 0 Å². The van der Waals surface area contributed by atoms with Crippen LogP contribution in [0.5, 0.6) is 5.75 Å². The maximum absolute atomic E-state index is 6.16. The fraction of sp³-hybridized carbons (Fsp3) is 0.417. The highest BCUT2D eigenvalue weighted by molar-refractivity contribution is 5.93. The zero-order valence-electron chi connectivity index (χ0n) is 18.0. The molecule has 0 spiro atoms. The molecule has 32 heavy (non-hydrogen) atoms. The van der Waals surface area contributed by atoms with E-state index in [1.807, 2.05) is 18.2 Å². The Balaban J connectivity index is 1.19. The average Bonchev–Trinajstić information content (AvgIpc) is 3.70. The second-order valence-corrected chi connectivity index (χ2v) is 9.46. The minimum Gasteiger partial charge on any atom is -0.488 e. The smallest absolute Gasteiger partial charge is 0.197 e. The molecule has 3 aliphatic rings. The van der Waals surface area contributed by atoms with Crippen molar-refractivity contribution in [2.24, 2.45) is 0 Å². The Morgan fingerprint density at radius 2 is 2.09 bits per heavy atom. The van der Waals surface area contributed by atoms with Crippen LogP contribution in [0, 0.1) is 0 Å². The molecule has 0 amide bonds. The maximum atomic E-state index is 6.16. The number of H-pyrrole nitrogens is 1. The van der Waals surface area contributed by atoms with Gasteiger partial charge in [-0.3, -0.25) is 5.10 Å². The molecule has 8 nitrogen and oxygen atoms in total. The molecule has 162 valence electrons. The summed E-state index contributed by atoms with van der Waals surface area (Å²) in [5, 5.41) is 8.68. The molecular weight excluding hydrogens is 404 g/mol. The molecule has 0 atom stereocenters. The van der Waals surface area contributed by atoms with Crippen LogP contribution >= 0.6 is 0 Å². The molecule has 8 heteroatoms. The molecule has 1 aliphatic heterocycles. The van der Waals surface area contributed by atoms with E-state index in [4.69, 9.17) is 14.1 Å². The molecule has 4 aromatic rings. The SMILES string of the molecule is CC1(Oc2ccc3[nH]nc(-c4cc(N5CCc6oc(C7CC7)nc6C5)ncn4)c3c2)CC1. The molecule has 7 rings (SSSR count). The molecule has 0 unspecified atom stereocenters. The molecule has 3 aromatic heterocycles. The predicted octanol–water partition coefficient (Wildman–Crippen LogP) is 4.38. The second-order valence-electron chi connectivity index (χ2n) is 9.46. The number of anilines is 1. The normalized spacial score (nSPS) is 19.2. The highest BCUT2D eigenvalue weighted by Crippen LogP contribution is 2.42. The van der Waals surface area contributed by atoms with Crippen molar-refractivity contribution in [3.8, 4) is 17.1 Å². The molecule has 1 aromatic carbocycles. The Bertz CT molecular complexity index is 1330. The van der Waals surface area contributed by atoms with Crippen LogP contribution in [-0.4, -0.2) is 37.3 Å². The van der Waals surface area contributed by atoms with Gasteiger partial charge in [-0.25, -0.2) is 15.0 Å².